The van der Waals surface area contributed by atoms with Crippen LogP contribution in [0.5, 0.6) is 0 Å². The first kappa shape index (κ1) is 19.9. The molecule has 1 fully saturated rings. The topological polar surface area (TPSA) is 85.6 Å². The Morgan fingerprint density at radius 2 is 2.22 bits per heavy atom. The number of ether oxygens (including phenoxy) is 1. The summed E-state index contributed by atoms with van der Waals surface area (Å²) in [7, 11) is 0. The Bertz CT molecular complexity index is 847. The fraction of sp³-hybridized carbons (Fsp3) is 0.556. The van der Waals surface area contributed by atoms with Gasteiger partial charge < -0.3 is 9.64 Å². The highest BCUT2D eigenvalue weighted by atomic mass is 32.2. The maximum Gasteiger partial charge on any atom is 0.410 e. The molecule has 1 saturated heterocycles. The second-order valence-electron chi connectivity index (χ2n) is 7.52. The molecule has 0 N–H and O–H groups in total. The van der Waals surface area contributed by atoms with Crippen molar-refractivity contribution in [1.29, 1.82) is 0 Å². The van der Waals surface area contributed by atoms with Crippen molar-refractivity contribution in [3.05, 3.63) is 28.3 Å². The molecule has 1 aromatic heterocycles. The number of thiazole rings is 1. The number of rotatable bonds is 4. The molecule has 2 aromatic rings. The normalized spacial score (nSPS) is 17.9. The first-order chi connectivity index (χ1) is 12.7. The van der Waals surface area contributed by atoms with Gasteiger partial charge in [-0.05, 0) is 46.1 Å². The number of likely N-dealkylation sites (tertiary alicyclic amines) is 1. The lowest BCUT2D eigenvalue weighted by Gasteiger charge is -2.36. The van der Waals surface area contributed by atoms with Crippen molar-refractivity contribution in [2.45, 2.75) is 56.0 Å². The van der Waals surface area contributed by atoms with Gasteiger partial charge in [0.05, 0.1) is 15.1 Å². The maximum absolute atomic E-state index is 12.5. The van der Waals surface area contributed by atoms with Crippen LogP contribution in [0.3, 0.4) is 0 Å². The summed E-state index contributed by atoms with van der Waals surface area (Å²) in [5, 5.41) is 10.9. The summed E-state index contributed by atoms with van der Waals surface area (Å²) in [5.74, 6) is 0.737. The van der Waals surface area contributed by atoms with E-state index in [-0.39, 0.29) is 17.8 Å². The predicted octanol–water partition coefficient (Wildman–Crippen LogP) is 5.09. The smallest absolute Gasteiger partial charge is 0.410 e. The molecule has 2 heterocycles. The van der Waals surface area contributed by atoms with Crippen LogP contribution >= 0.6 is 23.1 Å². The molecule has 1 amide bonds. The van der Waals surface area contributed by atoms with Crippen LogP contribution in [0.4, 0.5) is 10.5 Å². The number of hydrogen-bond donors (Lipinski definition) is 0. The number of nitrogens with zero attached hydrogens (tertiary/aromatic N) is 3. The van der Waals surface area contributed by atoms with Gasteiger partial charge in [0.2, 0.25) is 0 Å². The van der Waals surface area contributed by atoms with Crippen molar-refractivity contribution in [2.24, 2.45) is 0 Å². The fourth-order valence-electron chi connectivity index (χ4n) is 2.97. The molecule has 1 aliphatic heterocycles. The maximum atomic E-state index is 12.5. The molecule has 1 unspecified atom stereocenters. The molecule has 0 aliphatic carbocycles. The number of hydrogen-bond acceptors (Lipinski definition) is 7. The molecule has 1 aromatic carbocycles. The van der Waals surface area contributed by atoms with Crippen molar-refractivity contribution in [3.63, 3.8) is 0 Å². The molecule has 7 nitrogen and oxygen atoms in total. The Hall–Kier alpha value is -1.87. The van der Waals surface area contributed by atoms with Crippen LogP contribution in [0.15, 0.2) is 22.5 Å². The van der Waals surface area contributed by atoms with Crippen molar-refractivity contribution in [3.8, 4) is 0 Å². The molecular weight excluding hydrogens is 386 g/mol. The zero-order valence-electron chi connectivity index (χ0n) is 15.6. The minimum atomic E-state index is -0.506. The minimum Gasteiger partial charge on any atom is -0.444 e. The molecular formula is C18H23N3O4S2. The molecule has 3 rings (SSSR count). The summed E-state index contributed by atoms with van der Waals surface area (Å²) in [4.78, 5) is 29.4. The average Bonchev–Trinajstić information content (AvgIpc) is 3.00. The van der Waals surface area contributed by atoms with Crippen molar-refractivity contribution >= 4 is 45.1 Å². The van der Waals surface area contributed by atoms with Gasteiger partial charge in [0, 0.05) is 30.5 Å². The van der Waals surface area contributed by atoms with Gasteiger partial charge in [-0.2, -0.15) is 0 Å². The monoisotopic (exact) mass is 409 g/mol. The van der Waals surface area contributed by atoms with E-state index >= 15 is 0 Å². The molecule has 0 radical (unpaired) electrons. The van der Waals surface area contributed by atoms with E-state index in [4.69, 9.17) is 4.74 Å². The Labute approximate surface area is 166 Å². The largest absolute Gasteiger partial charge is 0.444 e. The van der Waals surface area contributed by atoms with Crippen LogP contribution in [0.1, 0.15) is 40.0 Å². The SMILES string of the molecule is CC(C)(C)OC(=O)N1CCCCC1CSc1nc2ccc([N+](=O)[O-])cc2s1. The average molecular weight is 410 g/mol. The quantitative estimate of drug-likeness (QED) is 0.397. The molecule has 27 heavy (non-hydrogen) atoms. The highest BCUT2D eigenvalue weighted by Crippen LogP contribution is 2.33. The van der Waals surface area contributed by atoms with Gasteiger partial charge in [0.1, 0.15) is 5.60 Å². The summed E-state index contributed by atoms with van der Waals surface area (Å²) < 4.78 is 7.21. The lowest BCUT2D eigenvalue weighted by Crippen LogP contribution is -2.47. The fourth-order valence-corrected chi connectivity index (χ4v) is 5.25. The number of piperidine rings is 1. The van der Waals surface area contributed by atoms with E-state index in [0.29, 0.717) is 6.54 Å². The van der Waals surface area contributed by atoms with Gasteiger partial charge in [0.15, 0.2) is 4.34 Å². The Morgan fingerprint density at radius 1 is 1.44 bits per heavy atom. The highest BCUT2D eigenvalue weighted by Gasteiger charge is 2.30. The summed E-state index contributed by atoms with van der Waals surface area (Å²) in [6.07, 6.45) is 2.78. The predicted molar refractivity (Wildman–Crippen MR) is 108 cm³/mol. The van der Waals surface area contributed by atoms with E-state index in [1.807, 2.05) is 25.7 Å². The van der Waals surface area contributed by atoms with Crippen LogP contribution in [0, 0.1) is 10.1 Å². The van der Waals surface area contributed by atoms with Gasteiger partial charge in [-0.3, -0.25) is 10.1 Å². The van der Waals surface area contributed by atoms with Crippen LogP contribution in [0.25, 0.3) is 10.2 Å². The van der Waals surface area contributed by atoms with E-state index < -0.39 is 10.5 Å². The van der Waals surface area contributed by atoms with Crippen LogP contribution in [0.2, 0.25) is 0 Å². The molecule has 9 heteroatoms. The standard InChI is InChI=1S/C18H23N3O4S2/c1-18(2,3)25-17(22)20-9-5-4-6-13(20)11-26-16-19-14-8-7-12(21(23)24)10-15(14)27-16/h7-8,10,13H,4-6,9,11H2,1-3H3. The first-order valence-corrected chi connectivity index (χ1v) is 10.7. The van der Waals surface area contributed by atoms with Gasteiger partial charge in [-0.25, -0.2) is 9.78 Å². The first-order valence-electron chi connectivity index (χ1n) is 8.90. The third-order valence-corrected chi connectivity index (χ3v) is 6.52. The van der Waals surface area contributed by atoms with Crippen molar-refractivity contribution in [1.82, 2.24) is 9.88 Å². The van der Waals surface area contributed by atoms with Crippen molar-refractivity contribution < 1.29 is 14.5 Å². The summed E-state index contributed by atoms with van der Waals surface area (Å²) in [6, 6.07) is 4.83. The number of nitro benzene ring substituents is 1. The molecule has 0 spiro atoms. The molecule has 0 saturated carbocycles. The molecule has 1 aliphatic rings. The number of carbonyl (C=O) groups excluding carboxylic acids is 1. The van der Waals surface area contributed by atoms with E-state index in [2.05, 4.69) is 4.98 Å². The summed E-state index contributed by atoms with van der Waals surface area (Å²) >= 11 is 3.04. The number of benzene rings is 1. The third-order valence-electron chi connectivity index (χ3n) is 4.22. The van der Waals surface area contributed by atoms with Crippen LogP contribution in [-0.4, -0.2) is 44.8 Å². The number of non-ortho nitro benzene ring substituents is 1. The highest BCUT2D eigenvalue weighted by molar-refractivity contribution is 8.01. The zero-order valence-corrected chi connectivity index (χ0v) is 17.3. The Morgan fingerprint density at radius 3 is 2.93 bits per heavy atom. The van der Waals surface area contributed by atoms with Gasteiger partial charge in [-0.1, -0.05) is 11.8 Å². The Balaban J connectivity index is 1.67. The number of amides is 1. The van der Waals surface area contributed by atoms with Gasteiger partial charge in [-0.15, -0.1) is 11.3 Å². The number of carbonyl (C=O) groups is 1. The lowest BCUT2D eigenvalue weighted by atomic mass is 10.0. The number of thioether (sulfide) groups is 1. The second-order valence-corrected chi connectivity index (χ2v) is 9.82. The van der Waals surface area contributed by atoms with E-state index in [0.717, 1.165) is 39.6 Å². The Kier molecular flexibility index (Phi) is 5.90. The number of aromatic nitrogens is 1. The summed E-state index contributed by atoms with van der Waals surface area (Å²) in [6.45, 7) is 6.34. The molecule has 0 bridgehead atoms. The van der Waals surface area contributed by atoms with Crippen molar-refractivity contribution in [2.75, 3.05) is 12.3 Å². The third kappa shape index (κ3) is 5.10. The second kappa shape index (κ2) is 8.02. The van der Waals surface area contributed by atoms with Crippen LogP contribution in [-0.2, 0) is 4.74 Å². The lowest BCUT2D eigenvalue weighted by molar-refractivity contribution is -0.384. The molecule has 1 atom stereocenters. The zero-order chi connectivity index (χ0) is 19.6. The van der Waals surface area contributed by atoms with E-state index in [9.17, 15) is 14.9 Å². The number of nitro groups is 1. The minimum absolute atomic E-state index is 0.0751. The summed E-state index contributed by atoms with van der Waals surface area (Å²) in [5.41, 5.74) is 0.334. The number of fused-ring (bicyclic) bond motifs is 1. The van der Waals surface area contributed by atoms with E-state index in [1.54, 1.807) is 23.9 Å². The van der Waals surface area contributed by atoms with Crippen LogP contribution < -0.4 is 0 Å². The van der Waals surface area contributed by atoms with Gasteiger partial charge in [0.25, 0.3) is 5.69 Å². The van der Waals surface area contributed by atoms with Gasteiger partial charge >= 0.3 is 6.09 Å². The van der Waals surface area contributed by atoms with E-state index in [1.165, 1.54) is 17.4 Å². The molecule has 146 valence electrons.